The van der Waals surface area contributed by atoms with Crippen LogP contribution in [0.3, 0.4) is 0 Å². The number of H-pyrrole nitrogens is 1. The smallest absolute Gasteiger partial charge is 0.362 e. The molecule has 4 aromatic carbocycles. The van der Waals surface area contributed by atoms with Crippen LogP contribution in [-0.4, -0.2) is 91.6 Å². The van der Waals surface area contributed by atoms with E-state index in [1.54, 1.807) is 13.8 Å². The number of nitrogens with zero attached hydrogens (tertiary/aromatic N) is 1. The van der Waals surface area contributed by atoms with Crippen LogP contribution in [0.4, 0.5) is 0 Å². The molecule has 9 atom stereocenters. The molecule has 0 unspecified atom stereocenters. The van der Waals surface area contributed by atoms with E-state index in [2.05, 4.69) is 15.0 Å². The molecule has 0 saturated carbocycles. The summed E-state index contributed by atoms with van der Waals surface area (Å²) >= 11 is 0. The number of ether oxygens (including phenoxy) is 7. The second-order valence-corrected chi connectivity index (χ2v) is 17.7. The number of nitrogens with one attached hydrogen (secondary N) is 3. The van der Waals surface area contributed by atoms with Gasteiger partial charge in [0.15, 0.2) is 12.0 Å². The Bertz CT molecular complexity index is 2550. The summed E-state index contributed by atoms with van der Waals surface area (Å²) in [4.78, 5) is 41.3. The maximum Gasteiger partial charge on any atom is 0.362 e. The Labute approximate surface area is 376 Å². The number of aromatic nitrogens is 2. The number of benzene rings is 4. The Morgan fingerprint density at radius 2 is 1.18 bits per heavy atom. The van der Waals surface area contributed by atoms with Gasteiger partial charge < -0.3 is 33.2 Å². The zero-order valence-corrected chi connectivity index (χ0v) is 36.6. The number of hydrogen-bond acceptors (Lipinski definition) is 14. The Balaban J connectivity index is 1.06. The Kier molecular flexibility index (Phi) is 14.8. The summed E-state index contributed by atoms with van der Waals surface area (Å²) in [6.45, 7) is 3.34. The van der Waals surface area contributed by atoms with Gasteiger partial charge in [0.25, 0.3) is 11.5 Å². The number of carbonyl (C=O) groups excluding carboxylic acids is 1. The largest absolute Gasteiger partial charge is 0.375 e. The predicted octanol–water partition coefficient (Wildman–Crippen LogP) is 3.65. The molecule has 8 rings (SSSR count). The Morgan fingerprint density at radius 3 is 1.74 bits per heavy atom. The molecule has 3 N–H and O–H groups in total. The second kappa shape index (κ2) is 20.8. The number of amides is 1. The van der Waals surface area contributed by atoms with Crippen molar-refractivity contribution in [1.29, 1.82) is 0 Å². The van der Waals surface area contributed by atoms with Crippen molar-refractivity contribution >= 4 is 16.2 Å². The fourth-order valence-corrected chi connectivity index (χ4v) is 8.93. The van der Waals surface area contributed by atoms with E-state index in [0.29, 0.717) is 0 Å². The summed E-state index contributed by atoms with van der Waals surface area (Å²) in [6.07, 6.45) is -5.55. The highest BCUT2D eigenvalue weighted by Gasteiger charge is 2.57. The summed E-state index contributed by atoms with van der Waals surface area (Å²) in [5.41, 5.74) is 2.11. The van der Waals surface area contributed by atoms with Crippen molar-refractivity contribution < 1.29 is 50.6 Å². The van der Waals surface area contributed by atoms with Crippen LogP contribution >= 0.6 is 0 Å². The van der Waals surface area contributed by atoms with E-state index in [-0.39, 0.29) is 33.0 Å². The molecule has 0 radical (unpaired) electrons. The normalized spacial score (nSPS) is 26.1. The highest BCUT2D eigenvalue weighted by molar-refractivity contribution is 7.85. The third kappa shape index (κ3) is 11.9. The van der Waals surface area contributed by atoms with Gasteiger partial charge in [-0.25, -0.2) is 9.52 Å². The van der Waals surface area contributed by atoms with Crippen LogP contribution in [0.25, 0.3) is 0 Å². The van der Waals surface area contributed by atoms with Crippen LogP contribution in [0.15, 0.2) is 143 Å². The van der Waals surface area contributed by atoms with Crippen molar-refractivity contribution in [2.45, 2.75) is 101 Å². The number of piperidine rings is 1. The van der Waals surface area contributed by atoms with Crippen LogP contribution in [-0.2, 0) is 78.9 Å². The minimum absolute atomic E-state index is 0.0392. The van der Waals surface area contributed by atoms with Crippen LogP contribution in [0, 0.1) is 0 Å². The minimum Gasteiger partial charge on any atom is -0.375 e. The van der Waals surface area contributed by atoms with Gasteiger partial charge in [0, 0.05) is 12.3 Å². The average molecular weight is 913 g/mol. The van der Waals surface area contributed by atoms with Gasteiger partial charge in [-0.15, -0.1) is 0 Å². The van der Waals surface area contributed by atoms with E-state index in [0.717, 1.165) is 32.9 Å². The molecule has 1 aromatic heterocycles. The van der Waals surface area contributed by atoms with Gasteiger partial charge in [-0.3, -0.25) is 28.6 Å². The van der Waals surface area contributed by atoms with E-state index < -0.39 is 94.8 Å². The number of rotatable bonds is 19. The topological polar surface area (TPSA) is 204 Å². The molecule has 17 nitrogen and oxygen atoms in total. The van der Waals surface area contributed by atoms with Crippen LogP contribution in [0.1, 0.15) is 42.3 Å². The molecule has 0 aliphatic carbocycles. The third-order valence-corrected chi connectivity index (χ3v) is 12.1. The van der Waals surface area contributed by atoms with Gasteiger partial charge in [-0.05, 0) is 36.1 Å². The van der Waals surface area contributed by atoms with Gasteiger partial charge in [0.05, 0.1) is 45.7 Å². The van der Waals surface area contributed by atoms with Crippen LogP contribution in [0.5, 0.6) is 0 Å². The summed E-state index contributed by atoms with van der Waals surface area (Å²) in [6, 6.07) is 37.1. The predicted molar refractivity (Wildman–Crippen MR) is 234 cm³/mol. The first-order chi connectivity index (χ1) is 31.4. The summed E-state index contributed by atoms with van der Waals surface area (Å²) in [7, 11) is -4.86. The zero-order valence-electron chi connectivity index (χ0n) is 35.8. The molecule has 4 heterocycles. The second-order valence-electron chi connectivity index (χ2n) is 16.4. The Morgan fingerprint density at radius 1 is 0.677 bits per heavy atom. The average Bonchev–Trinajstić information content (AvgIpc) is 3.80. The highest BCUT2D eigenvalue weighted by atomic mass is 32.2. The molecule has 18 heteroatoms. The van der Waals surface area contributed by atoms with Gasteiger partial charge in [0.1, 0.15) is 42.7 Å². The SMILES string of the molecule is CC1(C)O[C@@H]2[C@H](O1)[C@@H](COS(=O)(=O)NC(=O)[C@H]1N[C@H](COCc3ccccc3)[C@H](OCc3ccccc3)[C@H](OCc3ccccc3)[C@H]1OCc1ccccc1)O[C@H]2n1ccc(=O)[nH]c1=O. The molecule has 3 aliphatic rings. The molecule has 3 aliphatic heterocycles. The molecule has 0 spiro atoms. The lowest BCUT2D eigenvalue weighted by Crippen LogP contribution is -2.71. The molecule has 0 bridgehead atoms. The molecule has 1 amide bonds. The fraction of sp³-hybridized carbons (Fsp3) is 0.383. The number of aromatic amines is 1. The maximum atomic E-state index is 14.6. The minimum atomic E-state index is -4.86. The van der Waals surface area contributed by atoms with Crippen molar-refractivity contribution in [2.75, 3.05) is 13.2 Å². The van der Waals surface area contributed by atoms with Gasteiger partial charge in [-0.1, -0.05) is 121 Å². The Hall–Kier alpha value is -5.38. The van der Waals surface area contributed by atoms with E-state index in [1.807, 2.05) is 121 Å². The third-order valence-electron chi connectivity index (χ3n) is 11.2. The lowest BCUT2D eigenvalue weighted by Gasteiger charge is -2.46. The molecule has 344 valence electrons. The summed E-state index contributed by atoms with van der Waals surface area (Å²) in [5, 5.41) is 3.33. The first kappa shape index (κ1) is 46.2. The number of hydrogen-bond donors (Lipinski definition) is 3. The van der Waals surface area contributed by atoms with Gasteiger partial charge >= 0.3 is 16.0 Å². The number of fused-ring (bicyclic) bond motifs is 1. The monoisotopic (exact) mass is 912 g/mol. The first-order valence-corrected chi connectivity index (χ1v) is 22.7. The molecule has 65 heavy (non-hydrogen) atoms. The number of carbonyl (C=O) groups is 1. The van der Waals surface area contributed by atoms with Crippen molar-refractivity contribution in [1.82, 2.24) is 19.6 Å². The van der Waals surface area contributed by atoms with E-state index in [1.165, 1.54) is 6.20 Å². The van der Waals surface area contributed by atoms with Crippen molar-refractivity contribution in [3.05, 3.63) is 177 Å². The summed E-state index contributed by atoms with van der Waals surface area (Å²) in [5.74, 6) is -2.12. The molecule has 3 fully saturated rings. The molecular weight excluding hydrogens is 861 g/mol. The highest BCUT2D eigenvalue weighted by Crippen LogP contribution is 2.42. The van der Waals surface area contributed by atoms with Gasteiger partial charge in [0.2, 0.25) is 0 Å². The van der Waals surface area contributed by atoms with Gasteiger partial charge in [-0.2, -0.15) is 8.42 Å². The van der Waals surface area contributed by atoms with Crippen molar-refractivity contribution in [3.8, 4) is 0 Å². The lowest BCUT2D eigenvalue weighted by atomic mass is 9.89. The standard InChI is InChI=1S/C47H52N4O13S/c1-47(2)63-40-36(62-45(43(40)64-47)51-24-23-37(52)49-46(51)54)30-61-65(55,56)50-44(53)38-41(59-27-33-19-11-5-12-20-33)42(60-28-34-21-13-6-14-22-34)39(58-26-32-17-9-4-10-18-32)35(48-38)29-57-25-31-15-7-3-8-16-31/h3-24,35-36,38-43,45,48H,25-30H2,1-2H3,(H,50,53)(H,49,52,54)/t35-,36-,38+,39+,40-,41+,42+,43-,45-/m1/s1. The summed E-state index contributed by atoms with van der Waals surface area (Å²) < 4.78 is 80.7. The maximum absolute atomic E-state index is 14.6. The zero-order chi connectivity index (χ0) is 45.4. The molecule has 5 aromatic rings. The van der Waals surface area contributed by atoms with E-state index >= 15 is 0 Å². The van der Waals surface area contributed by atoms with Crippen molar-refractivity contribution in [2.24, 2.45) is 0 Å². The van der Waals surface area contributed by atoms with Crippen LogP contribution < -0.4 is 21.3 Å². The quantitative estimate of drug-likeness (QED) is 0.108. The molecular formula is C47H52N4O13S. The van der Waals surface area contributed by atoms with E-state index in [9.17, 15) is 22.8 Å². The lowest BCUT2D eigenvalue weighted by molar-refractivity contribution is -0.199. The first-order valence-electron chi connectivity index (χ1n) is 21.3. The fourth-order valence-electron chi connectivity index (χ4n) is 8.18. The van der Waals surface area contributed by atoms with Crippen molar-refractivity contribution in [3.63, 3.8) is 0 Å². The molecule has 3 saturated heterocycles. The van der Waals surface area contributed by atoms with E-state index in [4.69, 9.17) is 37.3 Å². The van der Waals surface area contributed by atoms with Crippen LogP contribution in [0.2, 0.25) is 0 Å².